The van der Waals surface area contributed by atoms with Crippen LogP contribution >= 0.6 is 0 Å². The Bertz CT molecular complexity index is 1010. The van der Waals surface area contributed by atoms with Crippen molar-refractivity contribution in [1.82, 2.24) is 24.7 Å². The van der Waals surface area contributed by atoms with Gasteiger partial charge in [-0.2, -0.15) is 18.3 Å². The minimum Gasteiger partial charge on any atom is -0.356 e. The van der Waals surface area contributed by atoms with Gasteiger partial charge in [0.15, 0.2) is 5.82 Å². The highest BCUT2D eigenvalue weighted by Crippen LogP contribution is 2.35. The van der Waals surface area contributed by atoms with E-state index in [1.807, 2.05) is 4.90 Å². The number of benzene rings is 1. The number of aromatic nitrogens is 5. The average molecular weight is 417 g/mol. The van der Waals surface area contributed by atoms with E-state index >= 15 is 0 Å². The van der Waals surface area contributed by atoms with E-state index in [1.54, 1.807) is 6.07 Å². The molecule has 1 aliphatic rings. The third-order valence-corrected chi connectivity index (χ3v) is 4.97. The van der Waals surface area contributed by atoms with Crippen LogP contribution in [-0.2, 0) is 11.0 Å². The number of hydrogen-bond acceptors (Lipinski definition) is 6. The molecule has 0 aliphatic carbocycles. The Balaban J connectivity index is 1.40. The second kappa shape index (κ2) is 8.09. The molecule has 0 bridgehead atoms. The highest BCUT2D eigenvalue weighted by Gasteiger charge is 2.34. The summed E-state index contributed by atoms with van der Waals surface area (Å²) in [7, 11) is 0. The van der Waals surface area contributed by atoms with Crippen LogP contribution in [0.5, 0.6) is 0 Å². The van der Waals surface area contributed by atoms with Crippen molar-refractivity contribution in [2.24, 2.45) is 5.92 Å². The van der Waals surface area contributed by atoms with Crippen LogP contribution in [0.3, 0.4) is 0 Å². The second-order valence-corrected chi connectivity index (χ2v) is 6.87. The van der Waals surface area contributed by atoms with Crippen molar-refractivity contribution >= 4 is 17.4 Å². The maximum atomic E-state index is 13.1. The molecule has 1 aliphatic heterocycles. The van der Waals surface area contributed by atoms with Gasteiger partial charge in [0.2, 0.25) is 5.91 Å². The largest absolute Gasteiger partial charge is 0.418 e. The fraction of sp³-hybridized carbons (Fsp3) is 0.316. The van der Waals surface area contributed by atoms with E-state index < -0.39 is 17.6 Å². The SMILES string of the molecule is O=C(Nc1ccccc1C(F)(F)F)C1CCN(c2cc(-n3cncn3)ncn2)CC1. The maximum Gasteiger partial charge on any atom is 0.418 e. The number of carbonyl (C=O) groups is 1. The first-order chi connectivity index (χ1) is 14.4. The number of piperidine rings is 1. The molecule has 1 aromatic carbocycles. The van der Waals surface area contributed by atoms with Gasteiger partial charge in [0.25, 0.3) is 0 Å². The quantitative estimate of drug-likeness (QED) is 0.702. The third-order valence-electron chi connectivity index (χ3n) is 4.97. The zero-order valence-corrected chi connectivity index (χ0v) is 15.8. The molecule has 0 atom stereocenters. The number of carbonyl (C=O) groups excluding carboxylic acids is 1. The number of alkyl halides is 3. The van der Waals surface area contributed by atoms with Crippen molar-refractivity contribution in [2.45, 2.75) is 19.0 Å². The van der Waals surface area contributed by atoms with Gasteiger partial charge in [-0.05, 0) is 25.0 Å². The van der Waals surface area contributed by atoms with Crippen LogP contribution in [0.4, 0.5) is 24.7 Å². The summed E-state index contributed by atoms with van der Waals surface area (Å²) in [6.07, 6.45) is 0.844. The predicted octanol–water partition coefficient (Wildman–Crippen LogP) is 2.93. The minimum atomic E-state index is -4.53. The monoisotopic (exact) mass is 417 g/mol. The van der Waals surface area contributed by atoms with Crippen LogP contribution in [0.25, 0.3) is 5.82 Å². The lowest BCUT2D eigenvalue weighted by molar-refractivity contribution is -0.137. The zero-order chi connectivity index (χ0) is 21.1. The number of rotatable bonds is 4. The molecule has 0 unspecified atom stereocenters. The lowest BCUT2D eigenvalue weighted by Crippen LogP contribution is -2.38. The fourth-order valence-electron chi connectivity index (χ4n) is 3.41. The van der Waals surface area contributed by atoms with Gasteiger partial charge in [0.1, 0.15) is 24.8 Å². The van der Waals surface area contributed by atoms with Crippen LogP contribution in [0.2, 0.25) is 0 Å². The molecule has 0 saturated carbocycles. The molecule has 8 nitrogen and oxygen atoms in total. The molecule has 0 spiro atoms. The zero-order valence-electron chi connectivity index (χ0n) is 15.8. The topological polar surface area (TPSA) is 88.8 Å². The summed E-state index contributed by atoms with van der Waals surface area (Å²) in [6, 6.07) is 6.76. The molecule has 0 radical (unpaired) electrons. The summed E-state index contributed by atoms with van der Waals surface area (Å²) in [4.78, 5) is 26.9. The fourth-order valence-corrected chi connectivity index (χ4v) is 3.41. The highest BCUT2D eigenvalue weighted by atomic mass is 19.4. The predicted molar refractivity (Wildman–Crippen MR) is 102 cm³/mol. The van der Waals surface area contributed by atoms with Crippen molar-refractivity contribution in [1.29, 1.82) is 0 Å². The first-order valence-electron chi connectivity index (χ1n) is 9.31. The van der Waals surface area contributed by atoms with Crippen molar-refractivity contribution in [2.75, 3.05) is 23.3 Å². The van der Waals surface area contributed by atoms with E-state index in [1.165, 1.54) is 41.9 Å². The smallest absolute Gasteiger partial charge is 0.356 e. The Labute approximate surface area is 169 Å². The third kappa shape index (κ3) is 4.24. The first kappa shape index (κ1) is 19.8. The van der Waals surface area contributed by atoms with Crippen LogP contribution in [0.15, 0.2) is 49.3 Å². The standard InChI is InChI=1S/C19H18F3N7O/c20-19(21,22)14-3-1-2-4-15(14)27-18(30)13-5-7-28(8-6-13)16-9-17(25-11-24-16)29-12-23-10-26-29/h1-4,9-13H,5-8H2,(H,27,30). The van der Waals surface area contributed by atoms with Crippen LogP contribution in [0.1, 0.15) is 18.4 Å². The van der Waals surface area contributed by atoms with E-state index in [0.717, 1.165) is 6.07 Å². The van der Waals surface area contributed by atoms with Gasteiger partial charge in [-0.25, -0.2) is 19.6 Å². The molecule has 4 rings (SSSR count). The lowest BCUT2D eigenvalue weighted by atomic mass is 9.95. The number of amides is 1. The number of para-hydroxylation sites is 1. The molecule has 156 valence electrons. The number of halogens is 3. The number of nitrogens with zero attached hydrogens (tertiary/aromatic N) is 6. The Morgan fingerprint density at radius 3 is 2.50 bits per heavy atom. The van der Waals surface area contributed by atoms with E-state index in [-0.39, 0.29) is 11.6 Å². The molecule has 1 fully saturated rings. The molecule has 1 N–H and O–H groups in total. The Morgan fingerprint density at radius 2 is 1.80 bits per heavy atom. The van der Waals surface area contributed by atoms with E-state index in [2.05, 4.69) is 25.4 Å². The highest BCUT2D eigenvalue weighted by molar-refractivity contribution is 5.93. The molecule has 11 heteroatoms. The van der Waals surface area contributed by atoms with Gasteiger partial charge < -0.3 is 10.2 Å². The molecule has 30 heavy (non-hydrogen) atoms. The van der Waals surface area contributed by atoms with Crippen LogP contribution in [0, 0.1) is 5.92 Å². The van der Waals surface area contributed by atoms with Crippen molar-refractivity contribution in [3.63, 3.8) is 0 Å². The number of anilines is 2. The Hall–Kier alpha value is -3.50. The van der Waals surface area contributed by atoms with Gasteiger partial charge in [0.05, 0.1) is 11.3 Å². The summed E-state index contributed by atoms with van der Waals surface area (Å²) < 4.78 is 40.9. The molecule has 2 aromatic heterocycles. The summed E-state index contributed by atoms with van der Waals surface area (Å²) >= 11 is 0. The van der Waals surface area contributed by atoms with Gasteiger partial charge >= 0.3 is 6.18 Å². The number of nitrogens with one attached hydrogen (secondary N) is 1. The van der Waals surface area contributed by atoms with Crippen molar-refractivity contribution < 1.29 is 18.0 Å². The molecular weight excluding hydrogens is 399 g/mol. The lowest BCUT2D eigenvalue weighted by Gasteiger charge is -2.32. The first-order valence-corrected chi connectivity index (χ1v) is 9.31. The van der Waals surface area contributed by atoms with Gasteiger partial charge in [0, 0.05) is 25.1 Å². The van der Waals surface area contributed by atoms with Crippen LogP contribution in [-0.4, -0.2) is 43.7 Å². The van der Waals surface area contributed by atoms with Crippen molar-refractivity contribution in [3.8, 4) is 5.82 Å². The molecule has 3 heterocycles. The van der Waals surface area contributed by atoms with Gasteiger partial charge in [-0.1, -0.05) is 12.1 Å². The van der Waals surface area contributed by atoms with E-state index in [9.17, 15) is 18.0 Å². The minimum absolute atomic E-state index is 0.217. The van der Waals surface area contributed by atoms with Gasteiger partial charge in [-0.15, -0.1) is 0 Å². The summed E-state index contributed by atoms with van der Waals surface area (Å²) in [5, 5.41) is 6.48. The van der Waals surface area contributed by atoms with Crippen LogP contribution < -0.4 is 10.2 Å². The number of hydrogen-bond donors (Lipinski definition) is 1. The maximum absolute atomic E-state index is 13.1. The summed E-state index contributed by atoms with van der Waals surface area (Å²) in [5.41, 5.74) is -1.07. The molecule has 1 amide bonds. The molecule has 3 aromatic rings. The van der Waals surface area contributed by atoms with E-state index in [0.29, 0.717) is 37.6 Å². The summed E-state index contributed by atoms with van der Waals surface area (Å²) in [6.45, 7) is 1.10. The average Bonchev–Trinajstić information content (AvgIpc) is 3.29. The summed E-state index contributed by atoms with van der Waals surface area (Å²) in [5.74, 6) is 0.481. The Kier molecular flexibility index (Phi) is 5.34. The normalized spacial score (nSPS) is 15.2. The van der Waals surface area contributed by atoms with Gasteiger partial charge in [-0.3, -0.25) is 4.79 Å². The molecule has 1 saturated heterocycles. The van der Waals surface area contributed by atoms with E-state index in [4.69, 9.17) is 0 Å². The Morgan fingerprint density at radius 1 is 1.07 bits per heavy atom. The van der Waals surface area contributed by atoms with Crippen molar-refractivity contribution in [3.05, 3.63) is 54.9 Å². The molecular formula is C19H18F3N7O. The second-order valence-electron chi connectivity index (χ2n) is 6.87.